The van der Waals surface area contributed by atoms with Gasteiger partial charge in [0, 0.05) is 11.6 Å². The Morgan fingerprint density at radius 1 is 1.10 bits per heavy atom. The fraction of sp³-hybridized carbons (Fsp3) is 0.280. The maximum Gasteiger partial charge on any atom is 0.307 e. The molecule has 1 aliphatic rings. The van der Waals surface area contributed by atoms with Crippen LogP contribution in [-0.2, 0) is 11.4 Å². The molecule has 1 unspecified atom stereocenters. The maximum atomic E-state index is 11.0. The Morgan fingerprint density at radius 3 is 2.47 bits per heavy atom. The highest BCUT2D eigenvalue weighted by Crippen LogP contribution is 2.46. The molecular formula is C25H25NO4. The summed E-state index contributed by atoms with van der Waals surface area (Å²) in [5.41, 5.74) is 6.59. The van der Waals surface area contributed by atoms with Gasteiger partial charge in [0.05, 0.1) is 19.2 Å². The van der Waals surface area contributed by atoms with Gasteiger partial charge in [0.1, 0.15) is 18.1 Å². The Morgan fingerprint density at radius 2 is 1.87 bits per heavy atom. The molecule has 1 N–H and O–H groups in total. The molecule has 3 aromatic rings. The summed E-state index contributed by atoms with van der Waals surface area (Å²) in [6.45, 7) is 4.62. The van der Waals surface area contributed by atoms with Crippen LogP contribution in [0.3, 0.4) is 0 Å². The number of methoxy groups -OCH3 is 1. The van der Waals surface area contributed by atoms with Crippen LogP contribution in [0.25, 0.3) is 11.1 Å². The van der Waals surface area contributed by atoms with E-state index in [1.54, 1.807) is 13.3 Å². The van der Waals surface area contributed by atoms with Gasteiger partial charge in [-0.3, -0.25) is 9.78 Å². The summed E-state index contributed by atoms with van der Waals surface area (Å²) in [7, 11) is 1.68. The molecule has 5 heteroatoms. The number of hydrogen-bond donors (Lipinski definition) is 1. The van der Waals surface area contributed by atoms with Crippen molar-refractivity contribution >= 4 is 5.97 Å². The third-order valence-corrected chi connectivity index (χ3v) is 5.61. The molecule has 0 bridgehead atoms. The molecule has 0 saturated heterocycles. The molecule has 2 aromatic carbocycles. The minimum absolute atomic E-state index is 0.0317. The second kappa shape index (κ2) is 8.19. The van der Waals surface area contributed by atoms with Crippen molar-refractivity contribution in [1.82, 2.24) is 4.98 Å². The fourth-order valence-corrected chi connectivity index (χ4v) is 3.97. The first-order valence-electron chi connectivity index (χ1n) is 10.0. The van der Waals surface area contributed by atoms with Crippen LogP contribution in [0, 0.1) is 19.8 Å². The van der Waals surface area contributed by atoms with Crippen LogP contribution in [0.4, 0.5) is 0 Å². The Hall–Kier alpha value is -3.34. The van der Waals surface area contributed by atoms with E-state index in [2.05, 4.69) is 31.0 Å². The molecule has 0 spiro atoms. The summed E-state index contributed by atoms with van der Waals surface area (Å²) in [4.78, 5) is 15.4. The van der Waals surface area contributed by atoms with E-state index in [-0.39, 0.29) is 11.8 Å². The van der Waals surface area contributed by atoms with Crippen molar-refractivity contribution in [3.05, 3.63) is 77.1 Å². The molecule has 1 aliphatic carbocycles. The van der Waals surface area contributed by atoms with Gasteiger partial charge in [-0.05, 0) is 78.4 Å². The Labute approximate surface area is 176 Å². The van der Waals surface area contributed by atoms with Crippen molar-refractivity contribution in [3.8, 4) is 22.6 Å². The molecular weight excluding hydrogens is 378 g/mol. The first kappa shape index (κ1) is 20.0. The molecule has 154 valence electrons. The Balaban J connectivity index is 1.45. The van der Waals surface area contributed by atoms with Gasteiger partial charge >= 0.3 is 5.97 Å². The summed E-state index contributed by atoms with van der Waals surface area (Å²) in [6, 6.07) is 16.2. The minimum atomic E-state index is -0.746. The van der Waals surface area contributed by atoms with Crippen LogP contribution in [-0.4, -0.2) is 23.2 Å². The van der Waals surface area contributed by atoms with Crippen molar-refractivity contribution < 1.29 is 19.4 Å². The van der Waals surface area contributed by atoms with E-state index in [9.17, 15) is 4.79 Å². The second-order valence-corrected chi connectivity index (χ2v) is 7.83. The summed E-state index contributed by atoms with van der Waals surface area (Å²) in [5.74, 6) is 0.531. The minimum Gasteiger partial charge on any atom is -0.497 e. The van der Waals surface area contributed by atoms with Gasteiger partial charge in [-0.25, -0.2) is 0 Å². The van der Waals surface area contributed by atoms with Crippen LogP contribution in [0.2, 0.25) is 0 Å². The number of nitrogens with zero attached hydrogens (tertiary/aromatic N) is 1. The van der Waals surface area contributed by atoms with Crippen LogP contribution in [0.5, 0.6) is 11.5 Å². The van der Waals surface area contributed by atoms with Crippen LogP contribution in [0.15, 0.2) is 54.7 Å². The third kappa shape index (κ3) is 4.15. The predicted molar refractivity (Wildman–Crippen MR) is 115 cm³/mol. The van der Waals surface area contributed by atoms with Gasteiger partial charge in [0.15, 0.2) is 0 Å². The van der Waals surface area contributed by atoms with Crippen molar-refractivity contribution in [2.24, 2.45) is 5.92 Å². The van der Waals surface area contributed by atoms with Crippen molar-refractivity contribution in [1.29, 1.82) is 0 Å². The van der Waals surface area contributed by atoms with Crippen LogP contribution >= 0.6 is 0 Å². The summed E-state index contributed by atoms with van der Waals surface area (Å²) in [6.07, 6.45) is 2.34. The van der Waals surface area contributed by atoms with Gasteiger partial charge in [-0.1, -0.05) is 18.2 Å². The number of hydrogen-bond acceptors (Lipinski definition) is 4. The molecule has 2 atom stereocenters. The zero-order valence-electron chi connectivity index (χ0n) is 17.4. The fourth-order valence-electron chi connectivity index (χ4n) is 3.97. The molecule has 1 heterocycles. The Kier molecular flexibility index (Phi) is 5.44. The molecule has 1 aromatic heterocycles. The molecule has 1 fully saturated rings. The molecule has 1 saturated carbocycles. The normalized spacial score (nSPS) is 17.4. The van der Waals surface area contributed by atoms with E-state index >= 15 is 0 Å². The molecule has 4 rings (SSSR count). The van der Waals surface area contributed by atoms with Crippen LogP contribution < -0.4 is 9.47 Å². The lowest BCUT2D eigenvalue weighted by molar-refractivity contribution is -0.138. The lowest BCUT2D eigenvalue weighted by Crippen LogP contribution is -2.00. The van der Waals surface area contributed by atoms with Crippen molar-refractivity contribution in [2.75, 3.05) is 7.11 Å². The number of carboxylic acids is 1. The average Bonchev–Trinajstić information content (AvgIpc) is 3.54. The van der Waals surface area contributed by atoms with E-state index in [0.717, 1.165) is 22.6 Å². The van der Waals surface area contributed by atoms with E-state index in [1.807, 2.05) is 36.4 Å². The molecule has 0 radical (unpaired) electrons. The van der Waals surface area contributed by atoms with Crippen molar-refractivity contribution in [2.45, 2.75) is 32.8 Å². The molecule has 0 amide bonds. The topological polar surface area (TPSA) is 68.7 Å². The quantitative estimate of drug-likeness (QED) is 0.591. The average molecular weight is 403 g/mol. The largest absolute Gasteiger partial charge is 0.497 e. The van der Waals surface area contributed by atoms with Crippen LogP contribution in [0.1, 0.15) is 34.7 Å². The van der Waals surface area contributed by atoms with E-state index < -0.39 is 5.97 Å². The molecule has 0 aliphatic heterocycles. The SMILES string of the molecule is COc1cc(C)c(-c2cccc(COc3ccc(C4C[C@H]4C(=O)O)nc3)c2)c(C)c1. The number of pyridine rings is 1. The number of aromatic nitrogens is 1. The van der Waals surface area contributed by atoms with Crippen molar-refractivity contribution in [3.63, 3.8) is 0 Å². The molecule has 30 heavy (non-hydrogen) atoms. The second-order valence-electron chi connectivity index (χ2n) is 7.83. The van der Waals surface area contributed by atoms with Gasteiger partial charge in [0.25, 0.3) is 0 Å². The van der Waals surface area contributed by atoms with E-state index in [4.69, 9.17) is 14.6 Å². The number of rotatable bonds is 7. The molecule has 5 nitrogen and oxygen atoms in total. The number of carbonyl (C=O) groups is 1. The van der Waals surface area contributed by atoms with E-state index in [1.165, 1.54) is 16.7 Å². The Bertz CT molecular complexity index is 1050. The predicted octanol–water partition coefficient (Wildman–Crippen LogP) is 5.14. The third-order valence-electron chi connectivity index (χ3n) is 5.61. The zero-order valence-corrected chi connectivity index (χ0v) is 17.4. The smallest absolute Gasteiger partial charge is 0.307 e. The lowest BCUT2D eigenvalue weighted by atomic mass is 9.94. The number of ether oxygens (including phenoxy) is 2. The summed E-state index contributed by atoms with van der Waals surface area (Å²) < 4.78 is 11.3. The highest BCUT2D eigenvalue weighted by molar-refractivity contribution is 5.75. The standard InChI is InChI=1S/C25H25NO4/c1-15-9-20(29-3)10-16(2)24(15)18-6-4-5-17(11-18)14-30-19-7-8-23(26-13-19)21-12-22(21)25(27)28/h4-11,13,21-22H,12,14H2,1-3H3,(H,27,28)/t21?,22-/m1/s1. The zero-order chi connectivity index (χ0) is 21.3. The van der Waals surface area contributed by atoms with Gasteiger partial charge in [0.2, 0.25) is 0 Å². The number of benzene rings is 2. The van der Waals surface area contributed by atoms with Gasteiger partial charge in [-0.2, -0.15) is 0 Å². The lowest BCUT2D eigenvalue weighted by Gasteiger charge is -2.14. The monoisotopic (exact) mass is 403 g/mol. The summed E-state index contributed by atoms with van der Waals surface area (Å²) >= 11 is 0. The first-order valence-corrected chi connectivity index (χ1v) is 10.0. The van der Waals surface area contributed by atoms with E-state index in [0.29, 0.717) is 18.8 Å². The summed E-state index contributed by atoms with van der Waals surface area (Å²) in [5, 5.41) is 9.06. The first-order chi connectivity index (χ1) is 14.5. The maximum absolute atomic E-state index is 11.0. The number of aliphatic carboxylic acids is 1. The van der Waals surface area contributed by atoms with Gasteiger partial charge in [-0.15, -0.1) is 0 Å². The highest BCUT2D eigenvalue weighted by atomic mass is 16.5. The number of carboxylic acid groups (broad SMARTS) is 1. The number of aryl methyl sites for hydroxylation is 2. The van der Waals surface area contributed by atoms with Gasteiger partial charge < -0.3 is 14.6 Å². The highest BCUT2D eigenvalue weighted by Gasteiger charge is 2.45.